The van der Waals surface area contributed by atoms with E-state index in [2.05, 4.69) is 0 Å². The summed E-state index contributed by atoms with van der Waals surface area (Å²) in [6.45, 7) is 2.25. The minimum absolute atomic E-state index is 0.00116. The van der Waals surface area contributed by atoms with Gasteiger partial charge in [-0.3, -0.25) is 4.79 Å². The molecule has 0 bridgehead atoms. The van der Waals surface area contributed by atoms with E-state index >= 15 is 0 Å². The molecule has 0 aromatic carbocycles. The monoisotopic (exact) mass is 274 g/mol. The number of hydrogen-bond acceptors (Lipinski definition) is 6. The van der Waals surface area contributed by atoms with Crippen LogP contribution in [0.1, 0.15) is 39.0 Å². The van der Waals surface area contributed by atoms with E-state index in [0.717, 1.165) is 32.1 Å². The van der Waals surface area contributed by atoms with Gasteiger partial charge in [-0.2, -0.15) is 0 Å². The molecule has 1 N–H and O–H groups in total. The van der Waals surface area contributed by atoms with Crippen molar-refractivity contribution in [1.29, 1.82) is 0 Å². The van der Waals surface area contributed by atoms with E-state index in [1.165, 1.54) is 0 Å². The van der Waals surface area contributed by atoms with Gasteiger partial charge < -0.3 is 19.3 Å². The molecule has 1 aliphatic rings. The molecule has 0 aromatic heterocycles. The van der Waals surface area contributed by atoms with E-state index in [9.17, 15) is 9.59 Å². The number of carbonyl (C=O) groups is 2. The van der Waals surface area contributed by atoms with Crippen molar-refractivity contribution in [3.63, 3.8) is 0 Å². The average Bonchev–Trinajstić information content (AvgIpc) is 2.41. The zero-order chi connectivity index (χ0) is 14.1. The van der Waals surface area contributed by atoms with Crippen LogP contribution >= 0.6 is 0 Å². The number of ether oxygens (including phenoxy) is 3. The molecular weight excluding hydrogens is 252 g/mol. The molecule has 1 fully saturated rings. The molecule has 0 aromatic rings. The predicted molar refractivity (Wildman–Crippen MR) is 66.5 cm³/mol. The van der Waals surface area contributed by atoms with E-state index < -0.39 is 17.5 Å². The largest absolute Gasteiger partial charge is 0.508 e. The normalized spacial score (nSPS) is 17.5. The summed E-state index contributed by atoms with van der Waals surface area (Å²) in [6.07, 6.45) is 3.86. The SMILES string of the molecule is CC1(C(=O)OCCCCCCCO)COC(=O)OC1. The molecule has 1 rings (SSSR count). The summed E-state index contributed by atoms with van der Waals surface area (Å²) in [7, 11) is 0. The Kier molecular flexibility index (Phi) is 6.62. The van der Waals surface area contributed by atoms with Gasteiger partial charge in [-0.05, 0) is 19.8 Å². The highest BCUT2D eigenvalue weighted by molar-refractivity contribution is 5.78. The maximum Gasteiger partial charge on any atom is 0.508 e. The first-order chi connectivity index (χ1) is 9.08. The molecule has 0 aliphatic carbocycles. The van der Waals surface area contributed by atoms with Crippen LogP contribution in [0.3, 0.4) is 0 Å². The van der Waals surface area contributed by atoms with Crippen molar-refractivity contribution >= 4 is 12.1 Å². The fourth-order valence-corrected chi connectivity index (χ4v) is 1.72. The fourth-order valence-electron chi connectivity index (χ4n) is 1.72. The van der Waals surface area contributed by atoms with Crippen molar-refractivity contribution in [2.75, 3.05) is 26.4 Å². The number of esters is 1. The molecule has 6 nitrogen and oxygen atoms in total. The first kappa shape index (κ1) is 15.8. The zero-order valence-corrected chi connectivity index (χ0v) is 11.4. The van der Waals surface area contributed by atoms with Gasteiger partial charge in [-0.25, -0.2) is 4.79 Å². The summed E-state index contributed by atoms with van der Waals surface area (Å²) >= 11 is 0. The molecule has 6 heteroatoms. The standard InChI is InChI=1S/C13H22O6/c1-13(9-18-12(16)19-10-13)11(15)17-8-6-4-2-3-5-7-14/h14H,2-10H2,1H3. The second-order valence-electron chi connectivity index (χ2n) is 5.02. The maximum atomic E-state index is 11.8. The number of aliphatic hydroxyl groups excluding tert-OH is 1. The first-order valence-electron chi connectivity index (χ1n) is 6.66. The van der Waals surface area contributed by atoms with Crippen LogP contribution < -0.4 is 0 Å². The van der Waals surface area contributed by atoms with E-state index in [4.69, 9.17) is 19.3 Å². The van der Waals surface area contributed by atoms with Gasteiger partial charge in [0.1, 0.15) is 18.6 Å². The van der Waals surface area contributed by atoms with Gasteiger partial charge in [-0.15, -0.1) is 0 Å². The molecule has 19 heavy (non-hydrogen) atoms. The van der Waals surface area contributed by atoms with Gasteiger partial charge in [0, 0.05) is 6.61 Å². The van der Waals surface area contributed by atoms with E-state index in [0.29, 0.717) is 6.61 Å². The molecule has 110 valence electrons. The van der Waals surface area contributed by atoms with Crippen molar-refractivity contribution in [2.24, 2.45) is 5.41 Å². The molecule has 0 atom stereocenters. The lowest BCUT2D eigenvalue weighted by Gasteiger charge is -2.29. The van der Waals surface area contributed by atoms with Crippen molar-refractivity contribution < 1.29 is 28.9 Å². The molecule has 0 unspecified atom stereocenters. The van der Waals surface area contributed by atoms with Gasteiger partial charge in [0.05, 0.1) is 6.61 Å². The molecule has 1 saturated heterocycles. The summed E-state index contributed by atoms with van der Waals surface area (Å²) < 4.78 is 14.6. The molecular formula is C13H22O6. The van der Waals surface area contributed by atoms with Crippen LogP contribution in [-0.2, 0) is 19.0 Å². The van der Waals surface area contributed by atoms with Crippen LogP contribution in [0.4, 0.5) is 4.79 Å². The second kappa shape index (κ2) is 7.99. The Balaban J connectivity index is 2.12. The third-order valence-corrected chi connectivity index (χ3v) is 3.05. The summed E-state index contributed by atoms with van der Waals surface area (Å²) in [5.74, 6) is -0.393. The Bertz CT molecular complexity index is 292. The Hall–Kier alpha value is -1.30. The smallest absolute Gasteiger partial charge is 0.465 e. The minimum atomic E-state index is -0.898. The summed E-state index contributed by atoms with van der Waals surface area (Å²) in [6, 6.07) is 0. The van der Waals surface area contributed by atoms with Crippen molar-refractivity contribution in [1.82, 2.24) is 0 Å². The van der Waals surface area contributed by atoms with Crippen molar-refractivity contribution in [3.05, 3.63) is 0 Å². The summed E-state index contributed by atoms with van der Waals surface area (Å²) in [5.41, 5.74) is -0.898. The summed E-state index contributed by atoms with van der Waals surface area (Å²) in [4.78, 5) is 22.6. The van der Waals surface area contributed by atoms with Gasteiger partial charge in [0.15, 0.2) is 0 Å². The van der Waals surface area contributed by atoms with Gasteiger partial charge >= 0.3 is 12.1 Å². The Morgan fingerprint density at radius 3 is 2.42 bits per heavy atom. The average molecular weight is 274 g/mol. The lowest BCUT2D eigenvalue weighted by atomic mass is 9.93. The number of cyclic esters (lactones) is 2. The van der Waals surface area contributed by atoms with Crippen LogP contribution in [-0.4, -0.2) is 43.7 Å². The predicted octanol–water partition coefficient (Wildman–Crippen LogP) is 1.65. The van der Waals surface area contributed by atoms with Gasteiger partial charge in [-0.1, -0.05) is 19.3 Å². The molecule has 0 saturated carbocycles. The Morgan fingerprint density at radius 2 is 1.79 bits per heavy atom. The lowest BCUT2D eigenvalue weighted by molar-refractivity contribution is -0.166. The van der Waals surface area contributed by atoms with Crippen LogP contribution in [0.15, 0.2) is 0 Å². The van der Waals surface area contributed by atoms with E-state index in [1.807, 2.05) is 0 Å². The first-order valence-corrected chi connectivity index (χ1v) is 6.66. The molecule has 0 radical (unpaired) electrons. The van der Waals surface area contributed by atoms with Gasteiger partial charge in [0.25, 0.3) is 0 Å². The van der Waals surface area contributed by atoms with Crippen molar-refractivity contribution in [3.8, 4) is 0 Å². The highest BCUT2D eigenvalue weighted by Gasteiger charge is 2.41. The third-order valence-electron chi connectivity index (χ3n) is 3.05. The number of aliphatic hydroxyl groups is 1. The second-order valence-corrected chi connectivity index (χ2v) is 5.02. The zero-order valence-electron chi connectivity index (χ0n) is 11.4. The van der Waals surface area contributed by atoms with Gasteiger partial charge in [0.2, 0.25) is 0 Å². The van der Waals surface area contributed by atoms with Crippen molar-refractivity contribution in [2.45, 2.75) is 39.0 Å². The summed E-state index contributed by atoms with van der Waals surface area (Å²) in [5, 5.41) is 8.62. The highest BCUT2D eigenvalue weighted by Crippen LogP contribution is 2.24. The molecule has 0 amide bonds. The molecule has 1 heterocycles. The van der Waals surface area contributed by atoms with Crippen LogP contribution in [0, 0.1) is 5.41 Å². The van der Waals surface area contributed by atoms with Crippen LogP contribution in [0.25, 0.3) is 0 Å². The Labute approximate surface area is 113 Å². The van der Waals surface area contributed by atoms with Crippen LogP contribution in [0.5, 0.6) is 0 Å². The minimum Gasteiger partial charge on any atom is -0.465 e. The molecule has 0 spiro atoms. The maximum absolute atomic E-state index is 11.8. The quantitative estimate of drug-likeness (QED) is 0.535. The Morgan fingerprint density at radius 1 is 1.21 bits per heavy atom. The topological polar surface area (TPSA) is 82.1 Å². The molecule has 1 aliphatic heterocycles. The third kappa shape index (κ3) is 5.46. The fraction of sp³-hybridized carbons (Fsp3) is 0.846. The highest BCUT2D eigenvalue weighted by atomic mass is 16.7. The van der Waals surface area contributed by atoms with E-state index in [1.54, 1.807) is 6.92 Å². The van der Waals surface area contributed by atoms with E-state index in [-0.39, 0.29) is 19.8 Å². The number of hydrogen-bond donors (Lipinski definition) is 1. The number of unbranched alkanes of at least 4 members (excludes halogenated alkanes) is 4. The lowest BCUT2D eigenvalue weighted by Crippen LogP contribution is -2.44. The van der Waals surface area contributed by atoms with Crippen LogP contribution in [0.2, 0.25) is 0 Å². The number of rotatable bonds is 8. The number of carbonyl (C=O) groups excluding carboxylic acids is 2.